The van der Waals surface area contributed by atoms with Crippen LogP contribution in [0.15, 0.2) is 30.3 Å². The van der Waals surface area contributed by atoms with Crippen LogP contribution in [0.5, 0.6) is 0 Å². The number of piperidine rings is 1. The minimum Gasteiger partial charge on any atom is -0.352 e. The quantitative estimate of drug-likeness (QED) is 0.836. The number of benzene rings is 1. The lowest BCUT2D eigenvalue weighted by molar-refractivity contribution is -0.123. The molecule has 1 amide bonds. The molecule has 3 rings (SSSR count). The van der Waals surface area contributed by atoms with E-state index in [4.69, 9.17) is 0 Å². The van der Waals surface area contributed by atoms with Gasteiger partial charge in [-0.15, -0.1) is 0 Å². The number of Topliss-reactive ketones (excluding diaryl/α,β-unsaturated/α-hetero) is 1. The zero-order chi connectivity index (χ0) is 17.6. The van der Waals surface area contributed by atoms with E-state index < -0.39 is 0 Å². The maximum atomic E-state index is 12.5. The summed E-state index contributed by atoms with van der Waals surface area (Å²) in [5.41, 5.74) is 0.810. The third-order valence-electron chi connectivity index (χ3n) is 5.76. The highest BCUT2D eigenvalue weighted by molar-refractivity contribution is 5.97. The second-order valence-electron chi connectivity index (χ2n) is 7.81. The maximum absolute atomic E-state index is 12.5. The summed E-state index contributed by atoms with van der Waals surface area (Å²) >= 11 is 0. The van der Waals surface area contributed by atoms with Gasteiger partial charge in [-0.3, -0.25) is 14.5 Å². The van der Waals surface area contributed by atoms with Crippen LogP contribution in [-0.4, -0.2) is 42.3 Å². The Labute approximate surface area is 151 Å². The molecule has 0 bridgehead atoms. The second kappa shape index (κ2) is 8.61. The Balaban J connectivity index is 1.40. The van der Waals surface area contributed by atoms with Crippen molar-refractivity contribution in [2.45, 2.75) is 51.5 Å². The lowest BCUT2D eigenvalue weighted by Gasteiger charge is -2.32. The molecule has 4 nitrogen and oxygen atoms in total. The van der Waals surface area contributed by atoms with E-state index in [2.05, 4.69) is 17.1 Å². The van der Waals surface area contributed by atoms with E-state index in [1.165, 1.54) is 12.8 Å². The molecule has 1 aliphatic heterocycles. The number of rotatable bonds is 5. The molecule has 1 aromatic rings. The topological polar surface area (TPSA) is 49.4 Å². The predicted octanol–water partition coefficient (Wildman–Crippen LogP) is 3.28. The molecule has 1 saturated heterocycles. The predicted molar refractivity (Wildman–Crippen MR) is 99.5 cm³/mol. The number of amides is 1. The molecule has 1 N–H and O–H groups in total. The van der Waals surface area contributed by atoms with E-state index in [0.717, 1.165) is 50.3 Å². The molecule has 2 aliphatic rings. The fraction of sp³-hybridized carbons (Fsp3) is 0.619. The van der Waals surface area contributed by atoms with Crippen molar-refractivity contribution in [2.24, 2.45) is 11.8 Å². The van der Waals surface area contributed by atoms with Crippen LogP contribution in [0, 0.1) is 11.8 Å². The lowest BCUT2D eigenvalue weighted by atomic mass is 9.87. The number of carbonyl (C=O) groups is 2. The van der Waals surface area contributed by atoms with Crippen LogP contribution in [0.1, 0.15) is 55.8 Å². The molecule has 4 heteroatoms. The standard InChI is InChI=1S/C21H30N2O2/c1-16-7-9-19(10-8-16)22-20(24)15-23-13-11-18(12-14-23)21(25)17-5-3-2-4-6-17/h2-6,16,18-19H,7-15H2,1H3,(H,22,24). The van der Waals surface area contributed by atoms with Crippen LogP contribution in [-0.2, 0) is 4.79 Å². The van der Waals surface area contributed by atoms with Gasteiger partial charge in [-0.1, -0.05) is 37.3 Å². The minimum atomic E-state index is 0.0987. The smallest absolute Gasteiger partial charge is 0.234 e. The maximum Gasteiger partial charge on any atom is 0.234 e. The van der Waals surface area contributed by atoms with Gasteiger partial charge in [-0.25, -0.2) is 0 Å². The van der Waals surface area contributed by atoms with Gasteiger partial charge in [0, 0.05) is 17.5 Å². The molecule has 0 spiro atoms. The van der Waals surface area contributed by atoms with Gasteiger partial charge in [-0.05, 0) is 57.5 Å². The van der Waals surface area contributed by atoms with Crippen LogP contribution < -0.4 is 5.32 Å². The first-order chi connectivity index (χ1) is 12.1. The monoisotopic (exact) mass is 342 g/mol. The molecule has 2 fully saturated rings. The molecule has 0 atom stereocenters. The SMILES string of the molecule is CC1CCC(NC(=O)CN2CCC(C(=O)c3ccccc3)CC2)CC1. The van der Waals surface area contributed by atoms with Gasteiger partial charge in [0.1, 0.15) is 0 Å². The van der Waals surface area contributed by atoms with Crippen LogP contribution in [0.25, 0.3) is 0 Å². The van der Waals surface area contributed by atoms with Gasteiger partial charge in [-0.2, -0.15) is 0 Å². The van der Waals surface area contributed by atoms with Crippen molar-refractivity contribution < 1.29 is 9.59 Å². The van der Waals surface area contributed by atoms with Crippen molar-refractivity contribution in [3.05, 3.63) is 35.9 Å². The average Bonchev–Trinajstić information content (AvgIpc) is 2.64. The van der Waals surface area contributed by atoms with E-state index >= 15 is 0 Å². The molecule has 0 aromatic heterocycles. The molecule has 1 aromatic carbocycles. The zero-order valence-electron chi connectivity index (χ0n) is 15.2. The first-order valence-corrected chi connectivity index (χ1v) is 9.73. The molecular formula is C21H30N2O2. The third-order valence-corrected chi connectivity index (χ3v) is 5.76. The van der Waals surface area contributed by atoms with Crippen molar-refractivity contribution >= 4 is 11.7 Å². The third kappa shape index (κ3) is 5.15. The highest BCUT2D eigenvalue weighted by Crippen LogP contribution is 2.24. The van der Waals surface area contributed by atoms with Crippen molar-refractivity contribution in [1.82, 2.24) is 10.2 Å². The summed E-state index contributed by atoms with van der Waals surface area (Å²) in [5.74, 6) is 1.30. The molecule has 1 aliphatic carbocycles. The first kappa shape index (κ1) is 18.1. The number of hydrogen-bond donors (Lipinski definition) is 1. The Morgan fingerprint density at radius 2 is 1.64 bits per heavy atom. The zero-order valence-corrected chi connectivity index (χ0v) is 15.2. The van der Waals surface area contributed by atoms with Gasteiger partial charge >= 0.3 is 0 Å². The Hall–Kier alpha value is -1.68. The van der Waals surface area contributed by atoms with Crippen molar-refractivity contribution in [3.63, 3.8) is 0 Å². The summed E-state index contributed by atoms with van der Waals surface area (Å²) in [4.78, 5) is 27.0. The van der Waals surface area contributed by atoms with Gasteiger partial charge < -0.3 is 5.32 Å². The average molecular weight is 342 g/mol. The van der Waals surface area contributed by atoms with Crippen molar-refractivity contribution in [3.8, 4) is 0 Å². The highest BCUT2D eigenvalue weighted by Gasteiger charge is 2.27. The lowest BCUT2D eigenvalue weighted by Crippen LogP contribution is -2.46. The molecule has 1 saturated carbocycles. The fourth-order valence-electron chi connectivity index (χ4n) is 4.07. The van der Waals surface area contributed by atoms with Crippen LogP contribution in [0.3, 0.4) is 0 Å². The molecular weight excluding hydrogens is 312 g/mol. The van der Waals surface area contributed by atoms with E-state index in [0.29, 0.717) is 12.6 Å². The number of nitrogens with zero attached hydrogens (tertiary/aromatic N) is 1. The van der Waals surface area contributed by atoms with E-state index in [-0.39, 0.29) is 17.6 Å². The molecule has 0 radical (unpaired) electrons. The van der Waals surface area contributed by atoms with Crippen LogP contribution in [0.2, 0.25) is 0 Å². The van der Waals surface area contributed by atoms with Crippen molar-refractivity contribution in [2.75, 3.05) is 19.6 Å². The number of carbonyl (C=O) groups excluding carboxylic acids is 2. The van der Waals surface area contributed by atoms with Crippen LogP contribution in [0.4, 0.5) is 0 Å². The first-order valence-electron chi connectivity index (χ1n) is 9.73. The number of ketones is 1. The number of nitrogens with one attached hydrogen (secondary N) is 1. The van der Waals surface area contributed by atoms with Crippen molar-refractivity contribution in [1.29, 1.82) is 0 Å². The summed E-state index contributed by atoms with van der Waals surface area (Å²) in [6.45, 7) is 4.42. The summed E-state index contributed by atoms with van der Waals surface area (Å²) in [7, 11) is 0. The van der Waals surface area contributed by atoms with Crippen LogP contribution >= 0.6 is 0 Å². The summed E-state index contributed by atoms with van der Waals surface area (Å²) in [6.07, 6.45) is 6.36. The van der Waals surface area contributed by atoms with E-state index in [9.17, 15) is 9.59 Å². The molecule has 25 heavy (non-hydrogen) atoms. The second-order valence-corrected chi connectivity index (χ2v) is 7.81. The highest BCUT2D eigenvalue weighted by atomic mass is 16.2. The minimum absolute atomic E-state index is 0.0987. The largest absolute Gasteiger partial charge is 0.352 e. The van der Waals surface area contributed by atoms with Gasteiger partial charge in [0.2, 0.25) is 5.91 Å². The Bertz CT molecular complexity index is 571. The normalized spacial score (nSPS) is 25.5. The molecule has 0 unspecified atom stereocenters. The Morgan fingerprint density at radius 3 is 2.28 bits per heavy atom. The van der Waals surface area contributed by atoms with Gasteiger partial charge in [0.25, 0.3) is 0 Å². The summed E-state index contributed by atoms with van der Waals surface area (Å²) in [5, 5.41) is 3.20. The summed E-state index contributed by atoms with van der Waals surface area (Å²) in [6, 6.07) is 9.92. The van der Waals surface area contributed by atoms with Gasteiger partial charge in [0.15, 0.2) is 5.78 Å². The van der Waals surface area contributed by atoms with Gasteiger partial charge in [0.05, 0.1) is 6.54 Å². The Morgan fingerprint density at radius 1 is 1.00 bits per heavy atom. The van der Waals surface area contributed by atoms with E-state index in [1.807, 2.05) is 30.3 Å². The molecule has 1 heterocycles. The Kier molecular flexibility index (Phi) is 6.24. The number of likely N-dealkylation sites (tertiary alicyclic amines) is 1. The molecule has 136 valence electrons. The summed E-state index contributed by atoms with van der Waals surface area (Å²) < 4.78 is 0. The number of hydrogen-bond acceptors (Lipinski definition) is 3. The fourth-order valence-corrected chi connectivity index (χ4v) is 4.07. The van der Waals surface area contributed by atoms with E-state index in [1.54, 1.807) is 0 Å².